The molecule has 2 fully saturated rings. The molecule has 1 aromatic heterocycles. The summed E-state index contributed by atoms with van der Waals surface area (Å²) in [5.41, 5.74) is -0.625. The standard InChI is InChI=1S/C13H16F3N3/c1-8-11-6-17-5-9(11)7-19(8)12-4-10(2-3-18-12)13(14,15)16/h2-4,8-9,11,17H,5-7H2,1H3. The van der Waals surface area contributed by atoms with Crippen molar-refractivity contribution < 1.29 is 13.2 Å². The maximum atomic E-state index is 12.7. The number of nitrogens with zero attached hydrogens (tertiary/aromatic N) is 2. The zero-order valence-corrected chi connectivity index (χ0v) is 10.6. The molecule has 3 rings (SSSR count). The van der Waals surface area contributed by atoms with E-state index in [2.05, 4.69) is 17.2 Å². The highest BCUT2D eigenvalue weighted by molar-refractivity contribution is 5.45. The molecule has 0 aliphatic carbocycles. The van der Waals surface area contributed by atoms with E-state index in [1.165, 1.54) is 6.20 Å². The summed E-state index contributed by atoms with van der Waals surface area (Å²) in [4.78, 5) is 6.12. The predicted molar refractivity (Wildman–Crippen MR) is 65.9 cm³/mol. The maximum Gasteiger partial charge on any atom is 0.416 e. The largest absolute Gasteiger partial charge is 0.416 e. The van der Waals surface area contributed by atoms with Gasteiger partial charge in [0.25, 0.3) is 0 Å². The number of rotatable bonds is 1. The molecule has 104 valence electrons. The number of pyridine rings is 1. The molecule has 0 amide bonds. The molecule has 2 saturated heterocycles. The number of fused-ring (bicyclic) bond motifs is 1. The molecular weight excluding hydrogens is 255 g/mol. The molecule has 2 aliphatic rings. The minimum atomic E-state index is -4.31. The van der Waals surface area contributed by atoms with Gasteiger partial charge in [0, 0.05) is 31.9 Å². The summed E-state index contributed by atoms with van der Waals surface area (Å²) in [7, 11) is 0. The molecule has 6 heteroatoms. The van der Waals surface area contributed by atoms with Crippen LogP contribution in [0.15, 0.2) is 18.3 Å². The fourth-order valence-electron chi connectivity index (χ4n) is 3.22. The molecule has 19 heavy (non-hydrogen) atoms. The van der Waals surface area contributed by atoms with Crippen LogP contribution >= 0.6 is 0 Å². The quantitative estimate of drug-likeness (QED) is 0.848. The third-order valence-corrected chi connectivity index (χ3v) is 4.30. The van der Waals surface area contributed by atoms with Gasteiger partial charge in [-0.3, -0.25) is 0 Å². The van der Waals surface area contributed by atoms with E-state index in [4.69, 9.17) is 0 Å². The van der Waals surface area contributed by atoms with Crippen molar-refractivity contribution in [3.8, 4) is 0 Å². The Kier molecular flexibility index (Phi) is 2.92. The van der Waals surface area contributed by atoms with Crippen molar-refractivity contribution in [1.82, 2.24) is 10.3 Å². The monoisotopic (exact) mass is 271 g/mol. The lowest BCUT2D eigenvalue weighted by Crippen LogP contribution is -2.33. The Morgan fingerprint density at radius 1 is 1.37 bits per heavy atom. The first-order valence-corrected chi connectivity index (χ1v) is 6.47. The molecular formula is C13H16F3N3. The molecule has 3 unspecified atom stereocenters. The third-order valence-electron chi connectivity index (χ3n) is 4.30. The Labute approximate surface area is 109 Å². The van der Waals surface area contributed by atoms with Crippen molar-refractivity contribution in [3.05, 3.63) is 23.9 Å². The van der Waals surface area contributed by atoms with Gasteiger partial charge in [0.1, 0.15) is 5.82 Å². The first kappa shape index (κ1) is 12.7. The van der Waals surface area contributed by atoms with Crippen LogP contribution in [0.5, 0.6) is 0 Å². The highest BCUT2D eigenvalue weighted by Crippen LogP contribution is 2.37. The second kappa shape index (κ2) is 4.37. The summed E-state index contributed by atoms with van der Waals surface area (Å²) in [5.74, 6) is 1.47. The Morgan fingerprint density at radius 2 is 2.16 bits per heavy atom. The number of hydrogen-bond donors (Lipinski definition) is 1. The average molecular weight is 271 g/mol. The van der Waals surface area contributed by atoms with Crippen LogP contribution in [-0.4, -0.2) is 30.7 Å². The van der Waals surface area contributed by atoms with Crippen LogP contribution in [0.1, 0.15) is 12.5 Å². The third kappa shape index (κ3) is 2.18. The number of hydrogen-bond acceptors (Lipinski definition) is 3. The zero-order chi connectivity index (χ0) is 13.6. The van der Waals surface area contributed by atoms with Gasteiger partial charge in [-0.25, -0.2) is 4.98 Å². The number of aromatic nitrogens is 1. The molecule has 0 bridgehead atoms. The fourth-order valence-corrected chi connectivity index (χ4v) is 3.22. The van der Waals surface area contributed by atoms with Gasteiger partial charge < -0.3 is 10.2 Å². The van der Waals surface area contributed by atoms with Gasteiger partial charge in [-0.1, -0.05) is 0 Å². The SMILES string of the molecule is CC1C2CNCC2CN1c1cc(C(F)(F)F)ccn1. The number of halogens is 3. The first-order chi connectivity index (χ1) is 8.97. The first-order valence-electron chi connectivity index (χ1n) is 6.47. The van der Waals surface area contributed by atoms with Crippen LogP contribution < -0.4 is 10.2 Å². The van der Waals surface area contributed by atoms with Crippen molar-refractivity contribution >= 4 is 5.82 Å². The van der Waals surface area contributed by atoms with E-state index in [1.807, 2.05) is 4.90 Å². The average Bonchev–Trinajstić information content (AvgIpc) is 2.92. The van der Waals surface area contributed by atoms with E-state index in [1.54, 1.807) is 0 Å². The van der Waals surface area contributed by atoms with Crippen molar-refractivity contribution in [1.29, 1.82) is 0 Å². The Bertz CT molecular complexity index is 474. The van der Waals surface area contributed by atoms with Gasteiger partial charge in [-0.05, 0) is 30.9 Å². The predicted octanol–water partition coefficient (Wildman–Crippen LogP) is 2.14. The normalized spacial score (nSPS) is 30.7. The molecule has 0 saturated carbocycles. The Morgan fingerprint density at radius 3 is 2.84 bits per heavy atom. The summed E-state index contributed by atoms with van der Waals surface area (Å²) in [5, 5.41) is 3.34. The summed E-state index contributed by atoms with van der Waals surface area (Å²) < 4.78 is 38.2. The molecule has 1 aromatic rings. The van der Waals surface area contributed by atoms with E-state index in [-0.39, 0.29) is 6.04 Å². The number of nitrogens with one attached hydrogen (secondary N) is 1. The van der Waals surface area contributed by atoms with Crippen molar-refractivity contribution in [2.24, 2.45) is 11.8 Å². The molecule has 3 atom stereocenters. The molecule has 0 radical (unpaired) electrons. The van der Waals surface area contributed by atoms with Gasteiger partial charge in [-0.15, -0.1) is 0 Å². The lowest BCUT2D eigenvalue weighted by molar-refractivity contribution is -0.137. The summed E-state index contributed by atoms with van der Waals surface area (Å²) >= 11 is 0. The maximum absolute atomic E-state index is 12.7. The van der Waals surface area contributed by atoms with Gasteiger partial charge in [0.15, 0.2) is 0 Å². The topological polar surface area (TPSA) is 28.2 Å². The van der Waals surface area contributed by atoms with E-state index in [9.17, 15) is 13.2 Å². The molecule has 3 nitrogen and oxygen atoms in total. The van der Waals surface area contributed by atoms with Crippen molar-refractivity contribution in [3.63, 3.8) is 0 Å². The van der Waals surface area contributed by atoms with Crippen LogP contribution in [0.3, 0.4) is 0 Å². The van der Waals surface area contributed by atoms with Crippen LogP contribution in [0.4, 0.5) is 19.0 Å². The second-order valence-electron chi connectivity index (χ2n) is 5.38. The van der Waals surface area contributed by atoms with Crippen LogP contribution in [0.25, 0.3) is 0 Å². The van der Waals surface area contributed by atoms with Crippen molar-refractivity contribution in [2.45, 2.75) is 19.1 Å². The smallest absolute Gasteiger partial charge is 0.353 e. The van der Waals surface area contributed by atoms with E-state index < -0.39 is 11.7 Å². The van der Waals surface area contributed by atoms with Gasteiger partial charge >= 0.3 is 6.18 Å². The highest BCUT2D eigenvalue weighted by Gasteiger charge is 2.42. The van der Waals surface area contributed by atoms with Gasteiger partial charge in [-0.2, -0.15) is 13.2 Å². The van der Waals surface area contributed by atoms with Gasteiger partial charge in [0.05, 0.1) is 5.56 Å². The van der Waals surface area contributed by atoms with Crippen LogP contribution in [0, 0.1) is 11.8 Å². The highest BCUT2D eigenvalue weighted by atomic mass is 19.4. The zero-order valence-electron chi connectivity index (χ0n) is 10.6. The van der Waals surface area contributed by atoms with Gasteiger partial charge in [0.2, 0.25) is 0 Å². The minimum Gasteiger partial charge on any atom is -0.353 e. The van der Waals surface area contributed by atoms with E-state index in [0.717, 1.165) is 31.8 Å². The molecule has 0 aromatic carbocycles. The molecule has 1 N–H and O–H groups in total. The molecule has 2 aliphatic heterocycles. The van der Waals surface area contributed by atoms with Crippen molar-refractivity contribution in [2.75, 3.05) is 24.5 Å². The lowest BCUT2D eigenvalue weighted by Gasteiger charge is -2.26. The summed E-state index contributed by atoms with van der Waals surface area (Å²) in [6, 6.07) is 2.41. The van der Waals surface area contributed by atoms with Crippen LogP contribution in [-0.2, 0) is 6.18 Å². The number of anilines is 1. The minimum absolute atomic E-state index is 0.232. The Hall–Kier alpha value is -1.30. The lowest BCUT2D eigenvalue weighted by atomic mass is 9.95. The number of alkyl halides is 3. The Balaban J connectivity index is 1.87. The summed E-state index contributed by atoms with van der Waals surface area (Å²) in [6.07, 6.45) is -3.06. The molecule has 0 spiro atoms. The van der Waals surface area contributed by atoms with E-state index in [0.29, 0.717) is 17.7 Å². The van der Waals surface area contributed by atoms with Crippen LogP contribution in [0.2, 0.25) is 0 Å². The second-order valence-corrected chi connectivity index (χ2v) is 5.38. The molecule has 3 heterocycles. The van der Waals surface area contributed by atoms with E-state index >= 15 is 0 Å². The summed E-state index contributed by atoms with van der Waals surface area (Å²) in [6.45, 7) is 4.75. The fraction of sp³-hybridized carbons (Fsp3) is 0.615.